The molecule has 4 saturated carbocycles. The average Bonchev–Trinajstić information content (AvgIpc) is 3.12. The smallest absolute Gasteiger partial charge is 0.407 e. The van der Waals surface area contributed by atoms with E-state index in [-0.39, 0.29) is 35.2 Å². The molecule has 0 bridgehead atoms. The number of aliphatic hydroxyl groups is 2. The SMILES string of the molecule is CC[C@H]1[C@@H](O)C2C3CC[C@H](C(C)CCNC(=O)OC(C)C)[C@@]3(C)CCC2[C@@]2(C)CC[C@@H](O)C[C@@H]12. The van der Waals surface area contributed by atoms with Gasteiger partial charge in [-0.05, 0) is 117 Å². The largest absolute Gasteiger partial charge is 0.447 e. The van der Waals surface area contributed by atoms with Crippen molar-refractivity contribution in [3.05, 3.63) is 0 Å². The zero-order chi connectivity index (χ0) is 24.8. The Labute approximate surface area is 207 Å². The Morgan fingerprint density at radius 3 is 2.35 bits per heavy atom. The number of carbonyl (C=O) groups is 1. The number of hydrogen-bond acceptors (Lipinski definition) is 4. The zero-order valence-corrected chi connectivity index (χ0v) is 22.6. The molecule has 4 aliphatic rings. The van der Waals surface area contributed by atoms with Crippen LogP contribution in [0.3, 0.4) is 0 Å². The maximum Gasteiger partial charge on any atom is 0.407 e. The van der Waals surface area contributed by atoms with Gasteiger partial charge in [0.2, 0.25) is 0 Å². The van der Waals surface area contributed by atoms with Gasteiger partial charge in [0.15, 0.2) is 0 Å². The van der Waals surface area contributed by atoms with Gasteiger partial charge in [-0.25, -0.2) is 4.79 Å². The van der Waals surface area contributed by atoms with E-state index in [0.29, 0.717) is 48.0 Å². The number of ether oxygens (including phenoxy) is 1. The first kappa shape index (κ1) is 26.3. The monoisotopic (exact) mass is 477 g/mol. The van der Waals surface area contributed by atoms with Crippen LogP contribution in [0.2, 0.25) is 0 Å². The Kier molecular flexibility index (Phi) is 7.66. The molecule has 5 heteroatoms. The third-order valence-corrected chi connectivity index (χ3v) is 11.4. The predicted molar refractivity (Wildman–Crippen MR) is 135 cm³/mol. The van der Waals surface area contributed by atoms with Crippen molar-refractivity contribution in [2.24, 2.45) is 52.3 Å². The molecule has 3 N–H and O–H groups in total. The maximum atomic E-state index is 11.9. The van der Waals surface area contributed by atoms with Gasteiger partial charge >= 0.3 is 6.09 Å². The molecule has 0 aromatic carbocycles. The molecule has 0 heterocycles. The third kappa shape index (κ3) is 4.42. The minimum atomic E-state index is -0.311. The van der Waals surface area contributed by atoms with E-state index in [0.717, 1.165) is 32.1 Å². The Balaban J connectivity index is 1.48. The second-order valence-corrected chi connectivity index (χ2v) is 13.3. The zero-order valence-electron chi connectivity index (χ0n) is 22.6. The highest BCUT2D eigenvalue weighted by atomic mass is 16.6. The number of alkyl carbamates (subject to hydrolysis) is 1. The van der Waals surface area contributed by atoms with E-state index in [1.165, 1.54) is 25.7 Å². The number of rotatable bonds is 6. The van der Waals surface area contributed by atoms with Crippen molar-refractivity contribution < 1.29 is 19.7 Å². The molecule has 1 amide bonds. The second kappa shape index (κ2) is 9.92. The molecule has 11 atom stereocenters. The van der Waals surface area contributed by atoms with Crippen molar-refractivity contribution in [1.82, 2.24) is 5.32 Å². The number of amides is 1. The molecule has 34 heavy (non-hydrogen) atoms. The maximum absolute atomic E-state index is 11.9. The van der Waals surface area contributed by atoms with Crippen LogP contribution in [0.25, 0.3) is 0 Å². The summed E-state index contributed by atoms with van der Waals surface area (Å²) in [4.78, 5) is 11.9. The van der Waals surface area contributed by atoms with Gasteiger partial charge in [-0.2, -0.15) is 0 Å². The summed E-state index contributed by atoms with van der Waals surface area (Å²) in [6, 6.07) is 0. The summed E-state index contributed by atoms with van der Waals surface area (Å²) in [6.45, 7) is 14.1. The van der Waals surface area contributed by atoms with Gasteiger partial charge in [0, 0.05) is 6.54 Å². The Bertz CT molecular complexity index is 727. The van der Waals surface area contributed by atoms with Gasteiger partial charge in [-0.1, -0.05) is 34.1 Å². The molecule has 4 unspecified atom stereocenters. The number of fused-ring (bicyclic) bond motifs is 5. The Hall–Kier alpha value is -0.810. The summed E-state index contributed by atoms with van der Waals surface area (Å²) in [5.74, 6) is 3.53. The quantitative estimate of drug-likeness (QED) is 0.453. The van der Waals surface area contributed by atoms with Crippen LogP contribution in [0.5, 0.6) is 0 Å². The highest BCUT2D eigenvalue weighted by Gasteiger charge is 2.64. The van der Waals surface area contributed by atoms with Gasteiger partial charge in [0.05, 0.1) is 18.3 Å². The van der Waals surface area contributed by atoms with E-state index in [9.17, 15) is 15.0 Å². The summed E-state index contributed by atoms with van der Waals surface area (Å²) in [5.41, 5.74) is 0.533. The number of hydrogen-bond donors (Lipinski definition) is 3. The summed E-state index contributed by atoms with van der Waals surface area (Å²) < 4.78 is 5.22. The summed E-state index contributed by atoms with van der Waals surface area (Å²) in [7, 11) is 0. The molecule has 5 nitrogen and oxygen atoms in total. The molecule has 0 aliphatic heterocycles. The fourth-order valence-corrected chi connectivity index (χ4v) is 9.79. The lowest BCUT2D eigenvalue weighted by atomic mass is 9.41. The average molecular weight is 478 g/mol. The van der Waals surface area contributed by atoms with E-state index in [2.05, 4.69) is 33.0 Å². The molecule has 0 spiro atoms. The lowest BCUT2D eigenvalue weighted by Crippen LogP contribution is -2.62. The van der Waals surface area contributed by atoms with E-state index < -0.39 is 0 Å². The standard InChI is InChI=1S/C29H51NO4/c1-7-20-24-16-19(31)10-13-29(24,6)23-11-14-28(5)21(8-9-22(28)25(23)26(20)32)18(4)12-15-30-27(33)34-17(2)3/h17-26,31-32H,7-16H2,1-6H3,(H,30,33)/t18?,19-,20-,21-,22?,23?,24+,25?,26-,28-,29-/m1/s1. The first-order valence-electron chi connectivity index (χ1n) is 14.3. The normalized spacial score (nSPS) is 46.9. The minimum absolute atomic E-state index is 0.0927. The van der Waals surface area contributed by atoms with Crippen molar-refractivity contribution >= 4 is 6.09 Å². The van der Waals surface area contributed by atoms with Gasteiger partial charge in [-0.3, -0.25) is 0 Å². The molecule has 196 valence electrons. The lowest BCUT2D eigenvalue weighted by molar-refractivity contribution is -0.203. The summed E-state index contributed by atoms with van der Waals surface area (Å²) in [5, 5.41) is 25.2. The van der Waals surface area contributed by atoms with Crippen LogP contribution in [-0.4, -0.2) is 41.2 Å². The predicted octanol–water partition coefficient (Wildman–Crippen LogP) is 5.77. The topological polar surface area (TPSA) is 78.8 Å². The number of nitrogens with one attached hydrogen (secondary N) is 1. The molecule has 4 rings (SSSR count). The Morgan fingerprint density at radius 1 is 1.00 bits per heavy atom. The van der Waals surface area contributed by atoms with Crippen LogP contribution in [0.1, 0.15) is 99.3 Å². The fourth-order valence-electron chi connectivity index (χ4n) is 9.79. The van der Waals surface area contributed by atoms with Crippen molar-refractivity contribution in [3.63, 3.8) is 0 Å². The molecular weight excluding hydrogens is 426 g/mol. The third-order valence-electron chi connectivity index (χ3n) is 11.4. The highest BCUT2D eigenvalue weighted by molar-refractivity contribution is 5.67. The van der Waals surface area contributed by atoms with Crippen molar-refractivity contribution in [1.29, 1.82) is 0 Å². The van der Waals surface area contributed by atoms with Crippen LogP contribution in [0.15, 0.2) is 0 Å². The number of aliphatic hydroxyl groups excluding tert-OH is 2. The van der Waals surface area contributed by atoms with Crippen LogP contribution >= 0.6 is 0 Å². The second-order valence-electron chi connectivity index (χ2n) is 13.3. The summed E-state index contributed by atoms with van der Waals surface area (Å²) >= 11 is 0. The lowest BCUT2D eigenvalue weighted by Gasteiger charge is -2.64. The van der Waals surface area contributed by atoms with Crippen LogP contribution < -0.4 is 5.32 Å². The van der Waals surface area contributed by atoms with Crippen molar-refractivity contribution in [3.8, 4) is 0 Å². The van der Waals surface area contributed by atoms with Crippen molar-refractivity contribution in [2.75, 3.05) is 6.54 Å². The molecule has 0 saturated heterocycles. The molecule has 0 aromatic heterocycles. The first-order valence-corrected chi connectivity index (χ1v) is 14.3. The fraction of sp³-hybridized carbons (Fsp3) is 0.966. The molecule has 4 aliphatic carbocycles. The first-order chi connectivity index (χ1) is 16.0. The minimum Gasteiger partial charge on any atom is -0.447 e. The van der Waals surface area contributed by atoms with Crippen LogP contribution in [-0.2, 0) is 4.74 Å². The van der Waals surface area contributed by atoms with Crippen LogP contribution in [0.4, 0.5) is 4.79 Å². The van der Waals surface area contributed by atoms with Crippen LogP contribution in [0, 0.1) is 52.3 Å². The van der Waals surface area contributed by atoms with E-state index in [1.54, 1.807) is 0 Å². The van der Waals surface area contributed by atoms with Crippen molar-refractivity contribution in [2.45, 2.75) is 118 Å². The van der Waals surface area contributed by atoms with E-state index >= 15 is 0 Å². The van der Waals surface area contributed by atoms with E-state index in [1.807, 2.05) is 13.8 Å². The highest BCUT2D eigenvalue weighted by Crippen LogP contribution is 2.69. The van der Waals surface area contributed by atoms with Gasteiger partial charge in [-0.15, -0.1) is 0 Å². The summed E-state index contributed by atoms with van der Waals surface area (Å²) in [6.07, 6.45) is 9.03. The molecule has 0 aromatic rings. The molecule has 0 radical (unpaired) electrons. The molecule has 4 fully saturated rings. The van der Waals surface area contributed by atoms with Gasteiger partial charge in [0.1, 0.15) is 0 Å². The van der Waals surface area contributed by atoms with Gasteiger partial charge < -0.3 is 20.3 Å². The molecular formula is C29H51NO4. The van der Waals surface area contributed by atoms with Gasteiger partial charge in [0.25, 0.3) is 0 Å². The Morgan fingerprint density at radius 2 is 1.68 bits per heavy atom. The number of carbonyl (C=O) groups excluding carboxylic acids is 1. The van der Waals surface area contributed by atoms with E-state index in [4.69, 9.17) is 4.74 Å².